The summed E-state index contributed by atoms with van der Waals surface area (Å²) in [5.41, 5.74) is -0.0943. The fraction of sp³-hybridized carbons (Fsp3) is 0.304. The smallest absolute Gasteiger partial charge is 0.294 e. The van der Waals surface area contributed by atoms with Crippen LogP contribution in [0.4, 0.5) is 11.4 Å². The molecule has 186 valence electrons. The lowest BCUT2D eigenvalue weighted by molar-refractivity contribution is 0.0982. The van der Waals surface area contributed by atoms with Crippen LogP contribution in [0.5, 0.6) is 11.5 Å². The summed E-state index contributed by atoms with van der Waals surface area (Å²) in [5, 5.41) is 11.2. The summed E-state index contributed by atoms with van der Waals surface area (Å²) in [6.07, 6.45) is 0. The van der Waals surface area contributed by atoms with Crippen molar-refractivity contribution >= 4 is 27.3 Å². The first-order chi connectivity index (χ1) is 16.4. The molecule has 0 radical (unpaired) electrons. The van der Waals surface area contributed by atoms with Gasteiger partial charge in [0.25, 0.3) is 21.5 Å². The minimum absolute atomic E-state index is 0.0390. The minimum Gasteiger partial charge on any atom is -0.497 e. The van der Waals surface area contributed by atoms with E-state index in [1.165, 1.54) is 49.2 Å². The molecule has 11 nitrogen and oxygen atoms in total. The molecule has 0 bridgehead atoms. The number of aromatic nitrogens is 2. The first-order valence-corrected chi connectivity index (χ1v) is 12.0. The third-order valence-corrected chi connectivity index (χ3v) is 6.42. The van der Waals surface area contributed by atoms with E-state index in [0.717, 1.165) is 0 Å². The van der Waals surface area contributed by atoms with Gasteiger partial charge in [-0.25, -0.2) is 13.1 Å². The molecule has 35 heavy (non-hydrogen) atoms. The maximum atomic E-state index is 13.0. The average molecular weight is 502 g/mol. The molecule has 1 aromatic heterocycles. The van der Waals surface area contributed by atoms with Gasteiger partial charge in [0.15, 0.2) is 5.69 Å². The quantitative estimate of drug-likeness (QED) is 0.474. The Kier molecular flexibility index (Phi) is 7.15. The maximum Gasteiger partial charge on any atom is 0.294 e. The van der Waals surface area contributed by atoms with Crippen LogP contribution in [-0.2, 0) is 22.5 Å². The molecule has 0 atom stereocenters. The number of hydrogen-bond acceptors (Lipinski definition) is 8. The Morgan fingerprint density at radius 2 is 1.74 bits per heavy atom. The van der Waals surface area contributed by atoms with Gasteiger partial charge in [0.1, 0.15) is 16.4 Å². The second-order valence-corrected chi connectivity index (χ2v) is 10.3. The van der Waals surface area contributed by atoms with E-state index in [2.05, 4.69) is 15.3 Å². The number of benzene rings is 2. The maximum absolute atomic E-state index is 13.0. The Hall–Kier alpha value is -3.93. The summed E-state index contributed by atoms with van der Waals surface area (Å²) in [4.78, 5) is 25.2. The molecule has 3 aromatic rings. The predicted molar refractivity (Wildman–Crippen MR) is 130 cm³/mol. The normalized spacial score (nSPS) is 12.1. The first-order valence-electron chi connectivity index (χ1n) is 10.5. The lowest BCUT2D eigenvalue weighted by atomic mass is 9.91. The zero-order valence-electron chi connectivity index (χ0n) is 20.2. The molecule has 0 fully saturated rings. The van der Waals surface area contributed by atoms with Crippen molar-refractivity contribution in [3.8, 4) is 11.5 Å². The van der Waals surface area contributed by atoms with Crippen LogP contribution in [0.25, 0.3) is 0 Å². The summed E-state index contributed by atoms with van der Waals surface area (Å²) in [5.74, 6) is -0.616. The Morgan fingerprint density at radius 1 is 1.06 bits per heavy atom. The van der Waals surface area contributed by atoms with Crippen molar-refractivity contribution in [3.63, 3.8) is 0 Å². The molecule has 0 spiro atoms. The van der Waals surface area contributed by atoms with E-state index in [1.807, 2.05) is 25.5 Å². The van der Waals surface area contributed by atoms with E-state index >= 15 is 0 Å². The number of carbonyl (C=O) groups is 1. The molecule has 3 rings (SSSR count). The summed E-state index contributed by atoms with van der Waals surface area (Å²) < 4.78 is 39.5. The number of sulfonamides is 1. The van der Waals surface area contributed by atoms with E-state index in [9.17, 15) is 18.0 Å². The molecule has 0 aliphatic rings. The fourth-order valence-corrected chi connectivity index (χ4v) is 4.39. The second-order valence-electron chi connectivity index (χ2n) is 8.62. The topological polar surface area (TPSA) is 144 Å². The number of nitrogens with zero attached hydrogens (tertiary/aromatic N) is 3. The van der Waals surface area contributed by atoms with Gasteiger partial charge in [0, 0.05) is 18.5 Å². The number of carbonyl (C=O) groups excluding carboxylic acids is 1. The van der Waals surface area contributed by atoms with E-state index in [-0.39, 0.29) is 38.9 Å². The van der Waals surface area contributed by atoms with Crippen LogP contribution in [-0.4, -0.2) is 38.3 Å². The van der Waals surface area contributed by atoms with Crippen LogP contribution in [0.2, 0.25) is 0 Å². The van der Waals surface area contributed by atoms with Crippen molar-refractivity contribution in [2.75, 3.05) is 14.2 Å². The first kappa shape index (κ1) is 25.7. The molecule has 2 aromatic carbocycles. The Bertz CT molecular complexity index is 1450. The van der Waals surface area contributed by atoms with E-state index in [0.29, 0.717) is 5.69 Å². The number of H-pyrrole nitrogens is 1. The largest absolute Gasteiger partial charge is 0.497 e. The van der Waals surface area contributed by atoms with Crippen LogP contribution >= 0.6 is 0 Å². The summed E-state index contributed by atoms with van der Waals surface area (Å²) in [7, 11) is -0.0616. The Balaban J connectivity index is 1.98. The molecule has 1 amide bonds. The van der Waals surface area contributed by atoms with Crippen molar-refractivity contribution < 1.29 is 22.7 Å². The minimum atomic E-state index is -4.33. The average Bonchev–Trinajstić information content (AvgIpc) is 3.11. The summed E-state index contributed by atoms with van der Waals surface area (Å²) in [6, 6.07) is 10.3. The Labute approximate surface area is 202 Å². The van der Waals surface area contributed by atoms with Gasteiger partial charge in [0.2, 0.25) is 0 Å². The van der Waals surface area contributed by atoms with Gasteiger partial charge in [0.05, 0.1) is 31.2 Å². The zero-order chi connectivity index (χ0) is 26.0. The molecule has 0 saturated heterocycles. The van der Waals surface area contributed by atoms with Crippen molar-refractivity contribution in [2.45, 2.75) is 31.1 Å². The lowest BCUT2D eigenvalue weighted by Gasteiger charge is -2.16. The lowest BCUT2D eigenvalue weighted by Crippen LogP contribution is -2.31. The SMILES string of the molecule is COc1ccc(OC)c(S(=O)(=O)NC(=O)c2ccccc2N=Nc2c(C(C)(C)C)[nH]n(C)c2=O)c1. The van der Waals surface area contributed by atoms with E-state index in [4.69, 9.17) is 9.47 Å². The molecular weight excluding hydrogens is 474 g/mol. The van der Waals surface area contributed by atoms with Gasteiger partial charge in [-0.2, -0.15) is 0 Å². The van der Waals surface area contributed by atoms with Gasteiger partial charge in [-0.1, -0.05) is 32.9 Å². The van der Waals surface area contributed by atoms with Crippen LogP contribution in [0.1, 0.15) is 36.8 Å². The highest BCUT2D eigenvalue weighted by atomic mass is 32.2. The van der Waals surface area contributed by atoms with Crippen LogP contribution in [0.15, 0.2) is 62.4 Å². The van der Waals surface area contributed by atoms with Crippen molar-refractivity contribution in [1.29, 1.82) is 0 Å². The number of rotatable bonds is 7. The molecule has 0 aliphatic heterocycles. The van der Waals surface area contributed by atoms with Crippen LogP contribution in [0.3, 0.4) is 0 Å². The molecule has 2 N–H and O–H groups in total. The number of amides is 1. The number of aromatic amines is 1. The highest BCUT2D eigenvalue weighted by molar-refractivity contribution is 7.90. The number of methoxy groups -OCH3 is 2. The van der Waals surface area contributed by atoms with Gasteiger partial charge in [-0.15, -0.1) is 10.2 Å². The molecule has 0 unspecified atom stereocenters. The second kappa shape index (κ2) is 9.74. The van der Waals surface area contributed by atoms with E-state index < -0.39 is 21.3 Å². The molecule has 12 heteroatoms. The fourth-order valence-electron chi connectivity index (χ4n) is 3.24. The Morgan fingerprint density at radius 3 is 2.37 bits per heavy atom. The number of hydrogen-bond donors (Lipinski definition) is 2. The van der Waals surface area contributed by atoms with Gasteiger partial charge in [-0.05, 0) is 24.3 Å². The van der Waals surface area contributed by atoms with Gasteiger partial charge in [-0.3, -0.25) is 19.4 Å². The number of azo groups is 1. The van der Waals surface area contributed by atoms with Crippen molar-refractivity contribution in [3.05, 3.63) is 64.1 Å². The van der Waals surface area contributed by atoms with Crippen molar-refractivity contribution in [1.82, 2.24) is 14.5 Å². The van der Waals surface area contributed by atoms with E-state index in [1.54, 1.807) is 19.2 Å². The highest BCUT2D eigenvalue weighted by Gasteiger charge is 2.26. The predicted octanol–water partition coefficient (Wildman–Crippen LogP) is 3.56. The molecule has 0 aliphatic carbocycles. The van der Waals surface area contributed by atoms with Crippen LogP contribution in [0, 0.1) is 0 Å². The number of aryl methyl sites for hydroxylation is 1. The van der Waals surface area contributed by atoms with Crippen LogP contribution < -0.4 is 19.8 Å². The highest BCUT2D eigenvalue weighted by Crippen LogP contribution is 2.30. The monoisotopic (exact) mass is 501 g/mol. The van der Waals surface area contributed by atoms with Gasteiger partial charge >= 0.3 is 0 Å². The number of nitrogens with one attached hydrogen (secondary N) is 2. The summed E-state index contributed by atoms with van der Waals surface area (Å²) >= 11 is 0. The zero-order valence-corrected chi connectivity index (χ0v) is 21.1. The third kappa shape index (κ3) is 5.43. The third-order valence-electron chi connectivity index (χ3n) is 5.07. The number of ether oxygens (including phenoxy) is 2. The summed E-state index contributed by atoms with van der Waals surface area (Å²) in [6.45, 7) is 5.74. The molecule has 1 heterocycles. The van der Waals surface area contributed by atoms with Gasteiger partial charge < -0.3 is 9.47 Å². The standard InChI is InChI=1S/C23H27N5O6S/c1-23(2,3)20-19(22(30)28(4)26-20)25-24-16-10-8-7-9-15(16)21(29)27-35(31,32)18-13-14(33-5)11-12-17(18)34-6/h7-13,26H,1-6H3,(H,27,29). The molecule has 0 saturated carbocycles. The molecular formula is C23H27N5O6S. The van der Waals surface area contributed by atoms with Crippen molar-refractivity contribution in [2.24, 2.45) is 17.3 Å².